The highest BCUT2D eigenvalue weighted by atomic mass is 16.5. The highest BCUT2D eigenvalue weighted by Gasteiger charge is 2.38. The van der Waals surface area contributed by atoms with Crippen LogP contribution in [0.2, 0.25) is 0 Å². The largest absolute Gasteiger partial charge is 0.379 e. The highest BCUT2D eigenvalue weighted by Crippen LogP contribution is 2.35. The molecule has 0 spiro atoms. The van der Waals surface area contributed by atoms with E-state index in [9.17, 15) is 0 Å². The average molecular weight is 237 g/mol. The number of aliphatic imine (C=N–C) groups is 2. The first kappa shape index (κ1) is 12.7. The normalized spacial score (nSPS) is 25.0. The molecule has 1 aliphatic carbocycles. The molecule has 2 fully saturated rings. The van der Waals surface area contributed by atoms with Crippen LogP contribution in [0.4, 0.5) is 0 Å². The molecule has 0 unspecified atom stereocenters. The topological polar surface area (TPSA) is 37.2 Å². The quantitative estimate of drug-likeness (QED) is 0.705. The smallest absolute Gasteiger partial charge is 0.124 e. The highest BCUT2D eigenvalue weighted by molar-refractivity contribution is 5.42. The van der Waals surface area contributed by atoms with E-state index in [0.29, 0.717) is 0 Å². The van der Waals surface area contributed by atoms with Crippen molar-refractivity contribution in [2.24, 2.45) is 9.98 Å². The van der Waals surface area contributed by atoms with Gasteiger partial charge in [-0.1, -0.05) is 6.42 Å². The van der Waals surface area contributed by atoms with Crippen LogP contribution in [0.15, 0.2) is 9.98 Å². The standard InChI is InChI=1S/C13H23N3O/c1-2-14-12-15-13(6-4-3-5-7-13)16-8-10-17-11-9-16/h2-11H2,1H3. The minimum atomic E-state index is -0.0271. The second-order valence-corrected chi connectivity index (χ2v) is 4.83. The van der Waals surface area contributed by atoms with E-state index in [-0.39, 0.29) is 5.66 Å². The molecule has 4 heteroatoms. The van der Waals surface area contributed by atoms with Crippen molar-refractivity contribution in [3.05, 3.63) is 0 Å². The molecule has 1 aliphatic heterocycles. The van der Waals surface area contributed by atoms with Gasteiger partial charge in [-0.25, -0.2) is 9.98 Å². The van der Waals surface area contributed by atoms with Crippen LogP contribution >= 0.6 is 0 Å². The van der Waals surface area contributed by atoms with Crippen LogP contribution in [-0.4, -0.2) is 49.4 Å². The summed E-state index contributed by atoms with van der Waals surface area (Å²) in [5, 5.41) is 0. The molecule has 0 aromatic rings. The lowest BCUT2D eigenvalue weighted by Crippen LogP contribution is -2.53. The molecule has 0 atom stereocenters. The Balaban J connectivity index is 2.12. The van der Waals surface area contributed by atoms with Gasteiger partial charge in [-0.15, -0.1) is 0 Å². The van der Waals surface area contributed by atoms with E-state index in [1.807, 2.05) is 6.92 Å². The number of hydrogen-bond donors (Lipinski definition) is 0. The van der Waals surface area contributed by atoms with Gasteiger partial charge in [-0.05, 0) is 32.6 Å². The third-order valence-electron chi connectivity index (χ3n) is 3.74. The third-order valence-corrected chi connectivity index (χ3v) is 3.74. The second kappa shape index (κ2) is 6.29. The summed E-state index contributed by atoms with van der Waals surface area (Å²) in [6.45, 7) is 6.45. The van der Waals surface area contributed by atoms with Gasteiger partial charge in [-0.2, -0.15) is 0 Å². The first-order valence-corrected chi connectivity index (χ1v) is 6.83. The first-order chi connectivity index (χ1) is 8.37. The lowest BCUT2D eigenvalue weighted by Gasteiger charge is -2.44. The lowest BCUT2D eigenvalue weighted by molar-refractivity contribution is -0.0333. The van der Waals surface area contributed by atoms with Crippen molar-refractivity contribution in [3.63, 3.8) is 0 Å². The van der Waals surface area contributed by atoms with E-state index in [1.54, 1.807) is 0 Å². The summed E-state index contributed by atoms with van der Waals surface area (Å²) in [4.78, 5) is 11.3. The van der Waals surface area contributed by atoms with Crippen molar-refractivity contribution in [1.82, 2.24) is 4.90 Å². The van der Waals surface area contributed by atoms with Gasteiger partial charge in [0.2, 0.25) is 0 Å². The molecule has 1 saturated carbocycles. The number of rotatable bonds is 3. The van der Waals surface area contributed by atoms with Gasteiger partial charge in [0.1, 0.15) is 5.66 Å². The molecule has 1 heterocycles. The molecular formula is C13H23N3O. The SMILES string of the molecule is CCN=C=NC1(N2CCOCC2)CCCCC1. The van der Waals surface area contributed by atoms with Crippen molar-refractivity contribution in [3.8, 4) is 0 Å². The predicted octanol–water partition coefficient (Wildman–Crippen LogP) is 2.17. The van der Waals surface area contributed by atoms with Crippen molar-refractivity contribution in [2.75, 3.05) is 32.8 Å². The van der Waals surface area contributed by atoms with Gasteiger partial charge in [0, 0.05) is 19.6 Å². The fraction of sp³-hybridized carbons (Fsp3) is 0.923. The summed E-state index contributed by atoms with van der Waals surface area (Å²) in [5.41, 5.74) is -0.0271. The summed E-state index contributed by atoms with van der Waals surface area (Å²) >= 11 is 0. The molecule has 0 aromatic carbocycles. The van der Waals surface area contributed by atoms with Gasteiger partial charge < -0.3 is 4.74 Å². The van der Waals surface area contributed by atoms with Crippen LogP contribution < -0.4 is 0 Å². The zero-order valence-electron chi connectivity index (χ0n) is 10.8. The number of ether oxygens (including phenoxy) is 1. The Kier molecular flexibility index (Phi) is 4.72. The van der Waals surface area contributed by atoms with Gasteiger partial charge in [0.25, 0.3) is 0 Å². The lowest BCUT2D eigenvalue weighted by atomic mass is 9.87. The number of hydrogen-bond acceptors (Lipinski definition) is 4. The first-order valence-electron chi connectivity index (χ1n) is 6.83. The maximum absolute atomic E-state index is 5.43. The fourth-order valence-electron chi connectivity index (χ4n) is 2.80. The Bertz CT molecular complexity index is 285. The Labute approximate surface area is 104 Å². The molecule has 96 valence electrons. The fourth-order valence-corrected chi connectivity index (χ4v) is 2.80. The van der Waals surface area contributed by atoms with E-state index in [1.165, 1.54) is 19.3 Å². The van der Waals surface area contributed by atoms with E-state index >= 15 is 0 Å². The van der Waals surface area contributed by atoms with E-state index in [0.717, 1.165) is 45.7 Å². The summed E-state index contributed by atoms with van der Waals surface area (Å²) < 4.78 is 5.43. The van der Waals surface area contributed by atoms with Crippen molar-refractivity contribution >= 4 is 6.01 Å². The minimum Gasteiger partial charge on any atom is -0.379 e. The molecule has 0 N–H and O–H groups in total. The van der Waals surface area contributed by atoms with Gasteiger partial charge >= 0.3 is 0 Å². The molecule has 17 heavy (non-hydrogen) atoms. The average Bonchev–Trinajstić information content (AvgIpc) is 2.41. The monoisotopic (exact) mass is 237 g/mol. The molecule has 2 aliphatic rings. The van der Waals surface area contributed by atoms with Crippen LogP contribution in [0.3, 0.4) is 0 Å². The van der Waals surface area contributed by atoms with Gasteiger partial charge in [-0.3, -0.25) is 4.90 Å². The number of morpholine rings is 1. The van der Waals surface area contributed by atoms with Crippen LogP contribution in [0.25, 0.3) is 0 Å². The van der Waals surface area contributed by atoms with Crippen molar-refractivity contribution in [1.29, 1.82) is 0 Å². The summed E-state index contributed by atoms with van der Waals surface area (Å²) in [5.74, 6) is 0. The van der Waals surface area contributed by atoms with Gasteiger partial charge in [0.05, 0.1) is 19.2 Å². The molecule has 1 saturated heterocycles. The molecular weight excluding hydrogens is 214 g/mol. The zero-order chi connectivity index (χ0) is 12.0. The second-order valence-electron chi connectivity index (χ2n) is 4.83. The van der Waals surface area contributed by atoms with Crippen LogP contribution in [0, 0.1) is 0 Å². The van der Waals surface area contributed by atoms with Crippen LogP contribution in [0.1, 0.15) is 39.0 Å². The Morgan fingerprint density at radius 3 is 2.53 bits per heavy atom. The van der Waals surface area contributed by atoms with Crippen molar-refractivity contribution in [2.45, 2.75) is 44.7 Å². The molecule has 0 radical (unpaired) electrons. The van der Waals surface area contributed by atoms with E-state index < -0.39 is 0 Å². The maximum Gasteiger partial charge on any atom is 0.124 e. The molecule has 0 amide bonds. The molecule has 0 aromatic heterocycles. The summed E-state index contributed by atoms with van der Waals surface area (Å²) in [6.07, 6.45) is 6.19. The zero-order valence-corrected chi connectivity index (χ0v) is 10.8. The van der Waals surface area contributed by atoms with Gasteiger partial charge in [0.15, 0.2) is 0 Å². The Morgan fingerprint density at radius 2 is 1.88 bits per heavy atom. The predicted molar refractivity (Wildman–Crippen MR) is 68.6 cm³/mol. The minimum absolute atomic E-state index is 0.0271. The molecule has 0 bridgehead atoms. The summed E-state index contributed by atoms with van der Waals surface area (Å²) in [6, 6.07) is 2.91. The third kappa shape index (κ3) is 3.15. The number of nitrogens with zero attached hydrogens (tertiary/aromatic N) is 3. The van der Waals surface area contributed by atoms with E-state index in [2.05, 4.69) is 20.9 Å². The maximum atomic E-state index is 5.43. The molecule has 4 nitrogen and oxygen atoms in total. The van der Waals surface area contributed by atoms with E-state index in [4.69, 9.17) is 4.74 Å². The molecule has 2 rings (SSSR count). The Morgan fingerprint density at radius 1 is 1.18 bits per heavy atom. The summed E-state index contributed by atoms with van der Waals surface area (Å²) in [7, 11) is 0. The van der Waals surface area contributed by atoms with Crippen LogP contribution in [0.5, 0.6) is 0 Å². The van der Waals surface area contributed by atoms with Crippen LogP contribution in [-0.2, 0) is 4.74 Å². The van der Waals surface area contributed by atoms with Crippen molar-refractivity contribution < 1.29 is 4.74 Å². The Hall–Kier alpha value is -0.700.